The smallest absolute Gasteiger partial charge is 0.235 e. The monoisotopic (exact) mass is 254 g/mol. The van der Waals surface area contributed by atoms with Crippen LogP contribution in [0.25, 0.3) is 0 Å². The molecule has 0 aromatic carbocycles. The van der Waals surface area contributed by atoms with E-state index in [1.807, 2.05) is 19.0 Å². The Morgan fingerprint density at radius 1 is 1.39 bits per heavy atom. The SMILES string of the molecule is Cc1cc(NC(=O)CC(=O)NCCN(C)C)no1. The number of amides is 2. The first-order valence-corrected chi connectivity index (χ1v) is 5.62. The van der Waals surface area contributed by atoms with E-state index in [4.69, 9.17) is 4.52 Å². The van der Waals surface area contributed by atoms with Crippen LogP contribution >= 0.6 is 0 Å². The third-order valence-corrected chi connectivity index (χ3v) is 2.10. The zero-order chi connectivity index (χ0) is 13.5. The molecule has 1 heterocycles. The van der Waals surface area contributed by atoms with Crippen LogP contribution in [0.2, 0.25) is 0 Å². The molecule has 7 heteroatoms. The van der Waals surface area contributed by atoms with E-state index in [2.05, 4.69) is 15.8 Å². The molecule has 0 bridgehead atoms. The molecule has 0 unspecified atom stereocenters. The van der Waals surface area contributed by atoms with Crippen LogP contribution in [-0.2, 0) is 9.59 Å². The Morgan fingerprint density at radius 3 is 2.67 bits per heavy atom. The molecule has 0 spiro atoms. The molecule has 2 amide bonds. The van der Waals surface area contributed by atoms with E-state index >= 15 is 0 Å². The lowest BCUT2D eigenvalue weighted by Crippen LogP contribution is -2.33. The first kappa shape index (κ1) is 14.2. The lowest BCUT2D eigenvalue weighted by molar-refractivity contribution is -0.126. The molecule has 0 aliphatic carbocycles. The second-order valence-electron chi connectivity index (χ2n) is 4.20. The Bertz CT molecular complexity index is 414. The summed E-state index contributed by atoms with van der Waals surface area (Å²) < 4.78 is 4.79. The summed E-state index contributed by atoms with van der Waals surface area (Å²) in [5, 5.41) is 8.73. The minimum Gasteiger partial charge on any atom is -0.360 e. The van der Waals surface area contributed by atoms with Gasteiger partial charge in [-0.05, 0) is 21.0 Å². The second kappa shape index (κ2) is 6.75. The van der Waals surface area contributed by atoms with Gasteiger partial charge in [0.05, 0.1) is 0 Å². The van der Waals surface area contributed by atoms with Gasteiger partial charge in [-0.2, -0.15) is 0 Å². The lowest BCUT2D eigenvalue weighted by Gasteiger charge is -2.10. The Balaban J connectivity index is 2.25. The zero-order valence-corrected chi connectivity index (χ0v) is 10.8. The maximum atomic E-state index is 11.5. The first-order chi connectivity index (χ1) is 8.47. The molecule has 0 aliphatic heterocycles. The van der Waals surface area contributed by atoms with Crippen molar-refractivity contribution in [2.24, 2.45) is 0 Å². The highest BCUT2D eigenvalue weighted by Gasteiger charge is 2.11. The summed E-state index contributed by atoms with van der Waals surface area (Å²) >= 11 is 0. The zero-order valence-electron chi connectivity index (χ0n) is 10.8. The number of hydrogen-bond donors (Lipinski definition) is 2. The standard InChI is InChI=1S/C11H18N4O3/c1-8-6-9(14-18-8)13-11(17)7-10(16)12-4-5-15(2)3/h6H,4-5,7H2,1-3H3,(H,12,16)(H,13,14,17). The van der Waals surface area contributed by atoms with E-state index < -0.39 is 5.91 Å². The Hall–Kier alpha value is -1.89. The quantitative estimate of drug-likeness (QED) is 0.697. The second-order valence-corrected chi connectivity index (χ2v) is 4.20. The Morgan fingerprint density at radius 2 is 2.11 bits per heavy atom. The lowest BCUT2D eigenvalue weighted by atomic mass is 10.3. The van der Waals surface area contributed by atoms with Gasteiger partial charge in [0.25, 0.3) is 0 Å². The maximum absolute atomic E-state index is 11.5. The van der Waals surface area contributed by atoms with Gasteiger partial charge in [-0.3, -0.25) is 9.59 Å². The summed E-state index contributed by atoms with van der Waals surface area (Å²) in [5.74, 6) is 0.194. The van der Waals surface area contributed by atoms with Gasteiger partial charge < -0.3 is 20.1 Å². The number of likely N-dealkylation sites (N-methyl/N-ethyl adjacent to an activating group) is 1. The van der Waals surface area contributed by atoms with E-state index in [1.54, 1.807) is 13.0 Å². The van der Waals surface area contributed by atoms with Crippen LogP contribution in [0.15, 0.2) is 10.6 Å². The summed E-state index contributed by atoms with van der Waals surface area (Å²) in [5.41, 5.74) is 0. The molecule has 0 atom stereocenters. The van der Waals surface area contributed by atoms with Crippen LogP contribution in [0.1, 0.15) is 12.2 Å². The summed E-state index contributed by atoms with van der Waals surface area (Å²) in [6.07, 6.45) is -0.223. The van der Waals surface area contributed by atoms with Crippen molar-refractivity contribution >= 4 is 17.6 Å². The molecule has 7 nitrogen and oxygen atoms in total. The molecule has 18 heavy (non-hydrogen) atoms. The molecule has 0 saturated heterocycles. The number of aromatic nitrogens is 1. The fourth-order valence-corrected chi connectivity index (χ4v) is 1.24. The molecule has 0 fully saturated rings. The fourth-order valence-electron chi connectivity index (χ4n) is 1.24. The van der Waals surface area contributed by atoms with Crippen LogP contribution in [0, 0.1) is 6.92 Å². The molecule has 0 aliphatic rings. The maximum Gasteiger partial charge on any atom is 0.235 e. The predicted molar refractivity (Wildman–Crippen MR) is 66.1 cm³/mol. The number of nitrogens with one attached hydrogen (secondary N) is 2. The first-order valence-electron chi connectivity index (χ1n) is 5.62. The predicted octanol–water partition coefficient (Wildman–Crippen LogP) is -0.0106. The van der Waals surface area contributed by atoms with Crippen LogP contribution in [0.4, 0.5) is 5.82 Å². The number of carbonyl (C=O) groups is 2. The van der Waals surface area contributed by atoms with Crippen molar-refractivity contribution in [1.82, 2.24) is 15.4 Å². The van der Waals surface area contributed by atoms with Gasteiger partial charge in [0, 0.05) is 19.2 Å². The van der Waals surface area contributed by atoms with Crippen molar-refractivity contribution in [3.63, 3.8) is 0 Å². The summed E-state index contributed by atoms with van der Waals surface area (Å²) in [4.78, 5) is 24.8. The highest BCUT2D eigenvalue weighted by Crippen LogP contribution is 2.06. The van der Waals surface area contributed by atoms with E-state index in [9.17, 15) is 9.59 Å². The molecular weight excluding hydrogens is 236 g/mol. The molecule has 0 saturated carbocycles. The number of anilines is 1. The van der Waals surface area contributed by atoms with Crippen molar-refractivity contribution < 1.29 is 14.1 Å². The van der Waals surface area contributed by atoms with Crippen molar-refractivity contribution in [3.8, 4) is 0 Å². The summed E-state index contributed by atoms with van der Waals surface area (Å²) in [6, 6.07) is 1.59. The molecule has 1 rings (SSSR count). The minimum atomic E-state index is -0.411. The van der Waals surface area contributed by atoms with Gasteiger partial charge in [-0.1, -0.05) is 5.16 Å². The number of nitrogens with zero attached hydrogens (tertiary/aromatic N) is 2. The topological polar surface area (TPSA) is 87.5 Å². The Kier molecular flexibility index (Phi) is 5.31. The molecule has 2 N–H and O–H groups in total. The van der Waals surface area contributed by atoms with E-state index in [1.165, 1.54) is 0 Å². The van der Waals surface area contributed by atoms with E-state index in [-0.39, 0.29) is 12.3 Å². The number of rotatable bonds is 6. The van der Waals surface area contributed by atoms with Gasteiger partial charge in [0.1, 0.15) is 12.2 Å². The van der Waals surface area contributed by atoms with Crippen LogP contribution in [-0.4, -0.2) is 49.1 Å². The van der Waals surface area contributed by atoms with Crippen molar-refractivity contribution in [2.75, 3.05) is 32.5 Å². The van der Waals surface area contributed by atoms with Gasteiger partial charge >= 0.3 is 0 Å². The van der Waals surface area contributed by atoms with Gasteiger partial charge in [-0.15, -0.1) is 0 Å². The van der Waals surface area contributed by atoms with Crippen LogP contribution < -0.4 is 10.6 Å². The van der Waals surface area contributed by atoms with Crippen molar-refractivity contribution in [1.29, 1.82) is 0 Å². The third-order valence-electron chi connectivity index (χ3n) is 2.10. The largest absolute Gasteiger partial charge is 0.360 e. The number of carbonyl (C=O) groups excluding carboxylic acids is 2. The molecule has 1 aromatic heterocycles. The number of aryl methyl sites for hydroxylation is 1. The molecule has 1 aromatic rings. The average molecular weight is 254 g/mol. The highest BCUT2D eigenvalue weighted by atomic mass is 16.5. The van der Waals surface area contributed by atoms with E-state index in [0.717, 1.165) is 6.54 Å². The average Bonchev–Trinajstić information content (AvgIpc) is 2.62. The third kappa shape index (κ3) is 5.44. The molecular formula is C11H18N4O3. The fraction of sp³-hybridized carbons (Fsp3) is 0.545. The Labute approximate surface area is 105 Å². The van der Waals surface area contributed by atoms with Crippen molar-refractivity contribution in [2.45, 2.75) is 13.3 Å². The van der Waals surface area contributed by atoms with Crippen LogP contribution in [0.3, 0.4) is 0 Å². The normalized spacial score (nSPS) is 10.4. The van der Waals surface area contributed by atoms with E-state index in [0.29, 0.717) is 18.1 Å². The van der Waals surface area contributed by atoms with Gasteiger partial charge in [-0.25, -0.2) is 0 Å². The van der Waals surface area contributed by atoms with Crippen LogP contribution in [0.5, 0.6) is 0 Å². The number of hydrogen-bond acceptors (Lipinski definition) is 5. The summed E-state index contributed by atoms with van der Waals surface area (Å²) in [7, 11) is 3.82. The summed E-state index contributed by atoms with van der Waals surface area (Å²) in [6.45, 7) is 2.97. The van der Waals surface area contributed by atoms with Gasteiger partial charge in [0.2, 0.25) is 11.8 Å². The molecule has 100 valence electrons. The molecule has 0 radical (unpaired) electrons. The minimum absolute atomic E-state index is 0.223. The van der Waals surface area contributed by atoms with Crippen molar-refractivity contribution in [3.05, 3.63) is 11.8 Å². The van der Waals surface area contributed by atoms with Gasteiger partial charge in [0.15, 0.2) is 5.82 Å². The highest BCUT2D eigenvalue weighted by molar-refractivity contribution is 6.03.